The topological polar surface area (TPSA) is 35.5 Å². The summed E-state index contributed by atoms with van der Waals surface area (Å²) < 4.78 is 10.4. The van der Waals surface area contributed by atoms with Crippen LogP contribution in [0.1, 0.15) is 19.4 Å². The van der Waals surface area contributed by atoms with E-state index in [0.717, 1.165) is 12.0 Å². The maximum Gasteiger partial charge on any atom is 0.423 e. The smallest absolute Gasteiger partial charge is 0.423 e. The molecular weight excluding hydrogens is 180 g/mol. The van der Waals surface area contributed by atoms with Crippen molar-refractivity contribution in [1.82, 2.24) is 0 Å². The molecule has 73 valence electrons. The Morgan fingerprint density at radius 1 is 1.50 bits per heavy atom. The van der Waals surface area contributed by atoms with E-state index in [4.69, 9.17) is 9.47 Å². The van der Waals surface area contributed by atoms with Crippen molar-refractivity contribution in [2.45, 2.75) is 25.9 Å². The molecule has 1 aromatic rings. The fraction of sp³-hybridized carbons (Fsp3) is 0.364. The second kappa shape index (κ2) is 3.01. The molecule has 0 atom stereocenters. The average Bonchev–Trinajstić information content (AvgIpc) is 2.41. The van der Waals surface area contributed by atoms with Gasteiger partial charge in [0.1, 0.15) is 5.60 Å². The van der Waals surface area contributed by atoms with E-state index in [1.54, 1.807) is 6.07 Å². The Hall–Kier alpha value is -1.51. The molecule has 1 heterocycles. The van der Waals surface area contributed by atoms with Gasteiger partial charge in [0.05, 0.1) is 0 Å². The highest BCUT2D eigenvalue weighted by atomic mass is 16.6. The summed E-state index contributed by atoms with van der Waals surface area (Å²) in [7, 11) is 0. The summed E-state index contributed by atoms with van der Waals surface area (Å²) in [6.45, 7) is 5.41. The summed E-state index contributed by atoms with van der Waals surface area (Å²) in [5, 5.41) is 0. The third-order valence-corrected chi connectivity index (χ3v) is 2.21. The summed E-state index contributed by atoms with van der Waals surface area (Å²) in [4.78, 5) is 10.1. The quantitative estimate of drug-likeness (QED) is 0.715. The molecule has 0 amide bonds. The Bertz CT molecular complexity index is 369. The molecule has 3 heteroatoms. The normalized spacial score (nSPS) is 17.0. The van der Waals surface area contributed by atoms with E-state index in [-0.39, 0.29) is 5.60 Å². The number of rotatable bonds is 2. The fourth-order valence-corrected chi connectivity index (χ4v) is 1.71. The summed E-state index contributed by atoms with van der Waals surface area (Å²) in [5.41, 5.74) is 0.854. The third kappa shape index (κ3) is 1.45. The van der Waals surface area contributed by atoms with Gasteiger partial charge in [-0.1, -0.05) is 12.1 Å². The Kier molecular flexibility index (Phi) is 1.95. The van der Waals surface area contributed by atoms with Gasteiger partial charge in [0.25, 0.3) is 0 Å². The Morgan fingerprint density at radius 3 is 3.00 bits per heavy atom. The molecule has 0 unspecified atom stereocenters. The molecule has 0 spiro atoms. The van der Waals surface area contributed by atoms with Crippen molar-refractivity contribution in [2.24, 2.45) is 0 Å². The van der Waals surface area contributed by atoms with Gasteiger partial charge in [0.15, 0.2) is 11.5 Å². The number of carbonyl (C=O) groups excluding carboxylic acids is 1. The number of benzene rings is 1. The molecule has 3 nitrogen and oxygen atoms in total. The van der Waals surface area contributed by atoms with Gasteiger partial charge in [-0.05, 0) is 19.9 Å². The van der Waals surface area contributed by atoms with Crippen molar-refractivity contribution in [3.8, 4) is 11.5 Å². The lowest BCUT2D eigenvalue weighted by Crippen LogP contribution is -2.24. The van der Waals surface area contributed by atoms with Crippen LogP contribution in [0.3, 0.4) is 0 Å². The van der Waals surface area contributed by atoms with E-state index in [1.807, 2.05) is 26.0 Å². The first-order valence-corrected chi connectivity index (χ1v) is 4.47. The van der Waals surface area contributed by atoms with Crippen LogP contribution in [0.5, 0.6) is 11.5 Å². The lowest BCUT2D eigenvalue weighted by atomic mass is 10.0. The molecule has 0 aliphatic carbocycles. The summed E-state index contributed by atoms with van der Waals surface area (Å²) in [5.74, 6) is 1.11. The zero-order chi connectivity index (χ0) is 10.2. The fourth-order valence-electron chi connectivity index (χ4n) is 1.71. The van der Waals surface area contributed by atoms with Gasteiger partial charge in [-0.25, -0.2) is 4.79 Å². The second-order valence-corrected chi connectivity index (χ2v) is 3.97. The van der Waals surface area contributed by atoms with E-state index in [2.05, 4.69) is 0 Å². The van der Waals surface area contributed by atoms with Crippen LogP contribution < -0.4 is 9.47 Å². The van der Waals surface area contributed by atoms with E-state index < -0.39 is 0 Å². The molecule has 0 fully saturated rings. The molecule has 1 aliphatic heterocycles. The number of fused-ring (bicyclic) bond motifs is 1. The highest BCUT2D eigenvalue weighted by Crippen LogP contribution is 2.41. The summed E-state index contributed by atoms with van der Waals surface area (Å²) >= 11 is 0. The van der Waals surface area contributed by atoms with Crippen molar-refractivity contribution < 1.29 is 14.3 Å². The van der Waals surface area contributed by atoms with Gasteiger partial charge in [-0.2, -0.15) is 0 Å². The number of ether oxygens (including phenoxy) is 2. The largest absolute Gasteiger partial charge is 0.483 e. The van der Waals surface area contributed by atoms with Crippen LogP contribution in [-0.2, 0) is 11.2 Å². The van der Waals surface area contributed by atoms with Crippen molar-refractivity contribution >= 4 is 6.47 Å². The van der Waals surface area contributed by atoms with Crippen LogP contribution in [0, 0.1) is 0 Å². The monoisotopic (exact) mass is 191 g/mol. The maximum absolute atomic E-state index is 10.1. The SMILES string of the molecule is CC1(C)Cc2cccc(O[C]=O)c2O1. The van der Waals surface area contributed by atoms with Gasteiger partial charge in [-0.3, -0.25) is 0 Å². The first kappa shape index (κ1) is 9.06. The molecule has 0 aromatic heterocycles. The zero-order valence-corrected chi connectivity index (χ0v) is 8.16. The van der Waals surface area contributed by atoms with Crippen LogP contribution >= 0.6 is 0 Å². The van der Waals surface area contributed by atoms with Crippen LogP contribution in [0.15, 0.2) is 18.2 Å². The molecule has 0 N–H and O–H groups in total. The average molecular weight is 191 g/mol. The first-order valence-electron chi connectivity index (χ1n) is 4.47. The van der Waals surface area contributed by atoms with Crippen LogP contribution in [0.25, 0.3) is 0 Å². The Labute approximate surface area is 82.6 Å². The van der Waals surface area contributed by atoms with Crippen molar-refractivity contribution in [1.29, 1.82) is 0 Å². The highest BCUT2D eigenvalue weighted by Gasteiger charge is 2.32. The summed E-state index contributed by atoms with van der Waals surface area (Å²) in [6, 6.07) is 5.52. The van der Waals surface area contributed by atoms with Gasteiger partial charge < -0.3 is 9.47 Å². The van der Waals surface area contributed by atoms with Gasteiger partial charge in [0, 0.05) is 12.0 Å². The summed E-state index contributed by atoms with van der Waals surface area (Å²) in [6.07, 6.45) is 0.832. The predicted octanol–water partition coefficient (Wildman–Crippen LogP) is 1.85. The number of hydrogen-bond acceptors (Lipinski definition) is 3. The first-order chi connectivity index (χ1) is 6.62. The molecule has 2 rings (SSSR count). The van der Waals surface area contributed by atoms with Crippen LogP contribution in [-0.4, -0.2) is 12.1 Å². The molecule has 0 saturated carbocycles. The van der Waals surface area contributed by atoms with Gasteiger partial charge in [-0.15, -0.1) is 0 Å². The lowest BCUT2D eigenvalue weighted by Gasteiger charge is -2.17. The van der Waals surface area contributed by atoms with Crippen LogP contribution in [0.4, 0.5) is 0 Å². The van der Waals surface area contributed by atoms with Crippen molar-refractivity contribution in [3.63, 3.8) is 0 Å². The molecular formula is C11H11O3. The number of para-hydroxylation sites is 1. The second-order valence-electron chi connectivity index (χ2n) is 3.97. The highest BCUT2D eigenvalue weighted by molar-refractivity contribution is 5.56. The molecule has 0 saturated heterocycles. The number of hydrogen-bond donors (Lipinski definition) is 0. The maximum atomic E-state index is 10.1. The van der Waals surface area contributed by atoms with E-state index in [0.29, 0.717) is 11.5 Å². The Morgan fingerprint density at radius 2 is 2.29 bits per heavy atom. The van der Waals surface area contributed by atoms with Gasteiger partial charge >= 0.3 is 6.47 Å². The predicted molar refractivity (Wildman–Crippen MR) is 51.2 cm³/mol. The lowest BCUT2D eigenvalue weighted by molar-refractivity contribution is 0.135. The Balaban J connectivity index is 2.41. The van der Waals surface area contributed by atoms with Crippen molar-refractivity contribution in [2.75, 3.05) is 0 Å². The minimum atomic E-state index is -0.218. The minimum Gasteiger partial charge on any atom is -0.483 e. The van der Waals surface area contributed by atoms with E-state index in [9.17, 15) is 4.79 Å². The zero-order valence-electron chi connectivity index (χ0n) is 8.16. The van der Waals surface area contributed by atoms with Crippen molar-refractivity contribution in [3.05, 3.63) is 23.8 Å². The molecule has 0 bridgehead atoms. The minimum absolute atomic E-state index is 0.218. The van der Waals surface area contributed by atoms with E-state index in [1.165, 1.54) is 6.47 Å². The van der Waals surface area contributed by atoms with E-state index >= 15 is 0 Å². The third-order valence-electron chi connectivity index (χ3n) is 2.21. The molecule has 14 heavy (non-hydrogen) atoms. The van der Waals surface area contributed by atoms with Crippen LogP contribution in [0.2, 0.25) is 0 Å². The molecule has 1 aliphatic rings. The standard InChI is InChI=1S/C11H11O3/c1-11(2)6-8-4-3-5-9(13-7-12)10(8)14-11/h3-5H,6H2,1-2H3. The van der Waals surface area contributed by atoms with Gasteiger partial charge in [0.2, 0.25) is 0 Å². The molecule has 1 radical (unpaired) electrons. The molecule has 1 aromatic carbocycles.